The summed E-state index contributed by atoms with van der Waals surface area (Å²) in [5.41, 5.74) is 2.24. The number of amidine groups is 1. The monoisotopic (exact) mass is 536 g/mol. The molecule has 1 heterocycles. The standard InChI is InChI=1S/C27H21ClN2O6S/c1-2-30-24(31)23(37-27(30)29-20-5-3-4-19(14-20)26(34)35)13-17-8-11-22(21(28)12-17)36-15-16-6-9-18(10-7-16)25(32)33/h3-14H,2,15H2,1H3,(H,32,33)(H,34,35). The van der Waals surface area contributed by atoms with Crippen LogP contribution >= 0.6 is 23.4 Å². The van der Waals surface area contributed by atoms with Crippen LogP contribution in [0.15, 0.2) is 76.6 Å². The van der Waals surface area contributed by atoms with Crippen molar-refractivity contribution in [1.29, 1.82) is 0 Å². The van der Waals surface area contributed by atoms with E-state index in [2.05, 4.69) is 4.99 Å². The number of likely N-dealkylation sites (N-methyl/N-ethyl adjacent to an activating group) is 1. The topological polar surface area (TPSA) is 117 Å². The number of benzene rings is 3. The summed E-state index contributed by atoms with van der Waals surface area (Å²) in [5, 5.41) is 19.0. The van der Waals surface area contributed by atoms with Crippen LogP contribution in [0.1, 0.15) is 38.8 Å². The van der Waals surface area contributed by atoms with Crippen LogP contribution in [-0.2, 0) is 11.4 Å². The van der Waals surface area contributed by atoms with Gasteiger partial charge in [0.2, 0.25) is 0 Å². The van der Waals surface area contributed by atoms with Gasteiger partial charge in [-0.05, 0) is 78.4 Å². The molecule has 1 aliphatic heterocycles. The predicted octanol–water partition coefficient (Wildman–Crippen LogP) is 5.94. The molecule has 3 aromatic rings. The smallest absolute Gasteiger partial charge is 0.335 e. The Morgan fingerprint density at radius 2 is 1.76 bits per heavy atom. The molecule has 0 atom stereocenters. The molecule has 3 aromatic carbocycles. The summed E-state index contributed by atoms with van der Waals surface area (Å²) in [7, 11) is 0. The largest absolute Gasteiger partial charge is 0.487 e. The maximum absolute atomic E-state index is 13.0. The first-order valence-electron chi connectivity index (χ1n) is 11.1. The number of ether oxygens (including phenoxy) is 1. The maximum atomic E-state index is 13.0. The predicted molar refractivity (Wildman–Crippen MR) is 143 cm³/mol. The highest BCUT2D eigenvalue weighted by Gasteiger charge is 2.32. The lowest BCUT2D eigenvalue weighted by Crippen LogP contribution is -2.28. The third kappa shape index (κ3) is 6.19. The van der Waals surface area contributed by atoms with Gasteiger partial charge in [0.25, 0.3) is 5.91 Å². The highest BCUT2D eigenvalue weighted by atomic mass is 35.5. The van der Waals surface area contributed by atoms with E-state index < -0.39 is 11.9 Å². The molecule has 1 fully saturated rings. The normalized spacial score (nSPS) is 15.4. The van der Waals surface area contributed by atoms with Crippen LogP contribution in [0.2, 0.25) is 5.02 Å². The van der Waals surface area contributed by atoms with E-state index in [9.17, 15) is 19.5 Å². The van der Waals surface area contributed by atoms with Gasteiger partial charge in [0, 0.05) is 6.54 Å². The van der Waals surface area contributed by atoms with Gasteiger partial charge in [-0.3, -0.25) is 9.69 Å². The first-order valence-corrected chi connectivity index (χ1v) is 12.3. The van der Waals surface area contributed by atoms with E-state index in [-0.39, 0.29) is 23.6 Å². The van der Waals surface area contributed by atoms with Crippen molar-refractivity contribution in [2.45, 2.75) is 13.5 Å². The molecule has 0 saturated carbocycles. The van der Waals surface area contributed by atoms with Gasteiger partial charge in [-0.25, -0.2) is 14.6 Å². The van der Waals surface area contributed by atoms with Crippen LogP contribution in [0, 0.1) is 0 Å². The zero-order chi connectivity index (χ0) is 26.5. The molecule has 10 heteroatoms. The zero-order valence-corrected chi connectivity index (χ0v) is 21.1. The van der Waals surface area contributed by atoms with Gasteiger partial charge in [-0.1, -0.05) is 35.9 Å². The van der Waals surface area contributed by atoms with Gasteiger partial charge >= 0.3 is 11.9 Å². The minimum Gasteiger partial charge on any atom is -0.487 e. The highest BCUT2D eigenvalue weighted by molar-refractivity contribution is 8.18. The second kappa shape index (κ2) is 11.3. The minimum atomic E-state index is -1.05. The molecule has 0 unspecified atom stereocenters. The molecule has 0 aromatic heterocycles. The van der Waals surface area contributed by atoms with Gasteiger partial charge in [-0.15, -0.1) is 0 Å². The summed E-state index contributed by atoms with van der Waals surface area (Å²) in [6, 6.07) is 17.8. The second-order valence-corrected chi connectivity index (χ2v) is 9.31. The molecular weight excluding hydrogens is 516 g/mol. The molecule has 1 saturated heterocycles. The molecule has 8 nitrogen and oxygen atoms in total. The summed E-state index contributed by atoms with van der Waals surface area (Å²) < 4.78 is 5.77. The van der Waals surface area contributed by atoms with Gasteiger partial charge in [0.15, 0.2) is 5.17 Å². The molecule has 37 heavy (non-hydrogen) atoms. The minimum absolute atomic E-state index is 0.115. The van der Waals surface area contributed by atoms with E-state index in [4.69, 9.17) is 21.4 Å². The summed E-state index contributed by atoms with van der Waals surface area (Å²) >= 11 is 7.61. The number of carboxylic acids is 2. The fourth-order valence-corrected chi connectivity index (χ4v) is 4.78. The SMILES string of the molecule is CCN1C(=O)C(=Cc2ccc(OCc3ccc(C(=O)O)cc3)c(Cl)c2)SC1=Nc1cccc(C(=O)O)c1. The Morgan fingerprint density at radius 1 is 1.03 bits per heavy atom. The number of carbonyl (C=O) groups excluding carboxylic acids is 1. The average Bonchev–Trinajstić information content (AvgIpc) is 3.17. The molecule has 1 amide bonds. The van der Waals surface area contributed by atoms with Crippen LogP contribution < -0.4 is 4.74 Å². The first-order chi connectivity index (χ1) is 17.7. The number of aromatic carboxylic acids is 2. The molecule has 2 N–H and O–H groups in total. The number of halogens is 1. The first kappa shape index (κ1) is 26.0. The maximum Gasteiger partial charge on any atom is 0.335 e. The molecular formula is C27H21ClN2O6S. The summed E-state index contributed by atoms with van der Waals surface area (Å²) in [6.45, 7) is 2.45. The summed E-state index contributed by atoms with van der Waals surface area (Å²) in [6.07, 6.45) is 1.71. The van der Waals surface area contributed by atoms with Crippen molar-refractivity contribution in [3.8, 4) is 5.75 Å². The van der Waals surface area contributed by atoms with E-state index in [1.54, 1.807) is 48.5 Å². The molecule has 0 spiro atoms. The number of carbonyl (C=O) groups is 3. The Bertz CT molecular complexity index is 1440. The highest BCUT2D eigenvalue weighted by Crippen LogP contribution is 2.35. The van der Waals surface area contributed by atoms with Crippen LogP contribution in [0.4, 0.5) is 5.69 Å². The number of hydrogen-bond acceptors (Lipinski definition) is 6. The molecule has 0 aliphatic carbocycles. The van der Waals surface area contributed by atoms with Crippen molar-refractivity contribution in [1.82, 2.24) is 4.90 Å². The van der Waals surface area contributed by atoms with E-state index in [1.165, 1.54) is 40.9 Å². The van der Waals surface area contributed by atoms with Crippen LogP contribution in [-0.4, -0.2) is 44.7 Å². The third-order valence-corrected chi connectivity index (χ3v) is 6.67. The van der Waals surface area contributed by atoms with Gasteiger partial charge in [0.1, 0.15) is 12.4 Å². The van der Waals surface area contributed by atoms with Crippen molar-refractivity contribution in [3.05, 3.63) is 98.9 Å². The number of thioether (sulfide) groups is 1. The van der Waals surface area contributed by atoms with E-state index in [0.29, 0.717) is 38.6 Å². The summed E-state index contributed by atoms with van der Waals surface area (Å²) in [4.78, 5) is 41.7. The molecule has 0 radical (unpaired) electrons. The Labute approximate surface area is 221 Å². The third-order valence-electron chi connectivity index (χ3n) is 5.37. The number of rotatable bonds is 8. The van der Waals surface area contributed by atoms with Crippen molar-refractivity contribution in [2.24, 2.45) is 4.99 Å². The van der Waals surface area contributed by atoms with Crippen LogP contribution in [0.3, 0.4) is 0 Å². The zero-order valence-electron chi connectivity index (χ0n) is 19.6. The Hall–Kier alpha value is -4.08. The van der Waals surface area contributed by atoms with Crippen molar-refractivity contribution in [2.75, 3.05) is 6.54 Å². The molecule has 188 valence electrons. The Morgan fingerprint density at radius 3 is 2.41 bits per heavy atom. The number of aliphatic imine (C=N–C) groups is 1. The Balaban J connectivity index is 1.49. The van der Waals surface area contributed by atoms with Gasteiger partial charge in [-0.2, -0.15) is 0 Å². The van der Waals surface area contributed by atoms with E-state index in [1.807, 2.05) is 6.92 Å². The lowest BCUT2D eigenvalue weighted by atomic mass is 10.1. The Kier molecular flexibility index (Phi) is 7.95. The molecule has 1 aliphatic rings. The lowest BCUT2D eigenvalue weighted by molar-refractivity contribution is -0.122. The number of carboxylic acid groups (broad SMARTS) is 2. The van der Waals surface area contributed by atoms with Gasteiger partial charge < -0.3 is 14.9 Å². The van der Waals surface area contributed by atoms with Crippen molar-refractivity contribution in [3.63, 3.8) is 0 Å². The lowest BCUT2D eigenvalue weighted by Gasteiger charge is -2.12. The second-order valence-electron chi connectivity index (χ2n) is 7.89. The van der Waals surface area contributed by atoms with Crippen molar-refractivity contribution >= 4 is 58.1 Å². The van der Waals surface area contributed by atoms with Crippen molar-refractivity contribution < 1.29 is 29.3 Å². The number of nitrogens with zero attached hydrogens (tertiary/aromatic N) is 2. The number of amides is 1. The van der Waals surface area contributed by atoms with E-state index in [0.717, 1.165) is 5.56 Å². The van der Waals surface area contributed by atoms with E-state index >= 15 is 0 Å². The van der Waals surface area contributed by atoms with Crippen LogP contribution in [0.5, 0.6) is 5.75 Å². The summed E-state index contributed by atoms with van der Waals surface area (Å²) in [5.74, 6) is -1.80. The average molecular weight is 537 g/mol. The fourth-order valence-electron chi connectivity index (χ4n) is 3.47. The number of hydrogen-bond donors (Lipinski definition) is 2. The molecule has 4 rings (SSSR count). The molecule has 0 bridgehead atoms. The van der Waals surface area contributed by atoms with Gasteiger partial charge in [0.05, 0.1) is 26.7 Å². The fraction of sp³-hybridized carbons (Fsp3) is 0.111. The van der Waals surface area contributed by atoms with Crippen LogP contribution in [0.25, 0.3) is 6.08 Å². The quantitative estimate of drug-likeness (QED) is 0.342.